The second kappa shape index (κ2) is 6.85. The number of nitrogens with zero attached hydrogens (tertiary/aromatic N) is 1. The van der Waals surface area contributed by atoms with Crippen molar-refractivity contribution in [2.45, 2.75) is 26.7 Å². The molecule has 3 heteroatoms. The first-order chi connectivity index (χ1) is 9.74. The third-order valence-corrected chi connectivity index (χ3v) is 3.47. The van der Waals surface area contributed by atoms with Crippen LogP contribution in [0.2, 0.25) is 0 Å². The smallest absolute Gasteiger partial charge is 0.227 e. The predicted molar refractivity (Wildman–Crippen MR) is 82.4 cm³/mol. The van der Waals surface area contributed by atoms with Gasteiger partial charge in [-0.1, -0.05) is 32.0 Å². The topological polar surface area (TPSA) is 42.0 Å². The zero-order chi connectivity index (χ0) is 14.4. The lowest BCUT2D eigenvalue weighted by Gasteiger charge is -2.13. The van der Waals surface area contributed by atoms with Crippen LogP contribution in [0.25, 0.3) is 11.3 Å². The third-order valence-electron chi connectivity index (χ3n) is 3.47. The van der Waals surface area contributed by atoms with Gasteiger partial charge in [0.2, 0.25) is 5.91 Å². The van der Waals surface area contributed by atoms with Crippen molar-refractivity contribution in [2.75, 3.05) is 5.32 Å². The van der Waals surface area contributed by atoms with E-state index < -0.39 is 0 Å². The first-order valence-corrected chi connectivity index (χ1v) is 7.07. The molecular formula is C17H20N2O. The Kier molecular flexibility index (Phi) is 4.88. The van der Waals surface area contributed by atoms with Gasteiger partial charge in [0.05, 0.1) is 5.69 Å². The van der Waals surface area contributed by atoms with E-state index in [2.05, 4.69) is 10.3 Å². The highest BCUT2D eigenvalue weighted by Crippen LogP contribution is 2.20. The van der Waals surface area contributed by atoms with E-state index in [9.17, 15) is 4.79 Å². The number of anilines is 1. The Hall–Kier alpha value is -2.16. The van der Waals surface area contributed by atoms with Crippen molar-refractivity contribution < 1.29 is 4.79 Å². The summed E-state index contributed by atoms with van der Waals surface area (Å²) in [6, 6.07) is 13.6. The van der Waals surface area contributed by atoms with E-state index in [4.69, 9.17) is 0 Å². The van der Waals surface area contributed by atoms with Gasteiger partial charge < -0.3 is 5.32 Å². The van der Waals surface area contributed by atoms with Crippen molar-refractivity contribution in [2.24, 2.45) is 5.92 Å². The molecule has 1 aromatic carbocycles. The second-order valence-electron chi connectivity index (χ2n) is 4.79. The van der Waals surface area contributed by atoms with Gasteiger partial charge in [-0.3, -0.25) is 9.78 Å². The Bertz CT molecular complexity index is 545. The fourth-order valence-electron chi connectivity index (χ4n) is 2.16. The van der Waals surface area contributed by atoms with Gasteiger partial charge in [0.25, 0.3) is 0 Å². The molecule has 2 aromatic rings. The Morgan fingerprint density at radius 1 is 1.10 bits per heavy atom. The van der Waals surface area contributed by atoms with Crippen LogP contribution in [0.3, 0.4) is 0 Å². The number of hydrogen-bond acceptors (Lipinski definition) is 2. The van der Waals surface area contributed by atoms with Crippen molar-refractivity contribution in [1.29, 1.82) is 0 Å². The number of carbonyl (C=O) groups excluding carboxylic acids is 1. The van der Waals surface area contributed by atoms with E-state index in [1.165, 1.54) is 0 Å². The first-order valence-electron chi connectivity index (χ1n) is 7.07. The van der Waals surface area contributed by atoms with Gasteiger partial charge in [0, 0.05) is 23.4 Å². The van der Waals surface area contributed by atoms with Gasteiger partial charge in [0.15, 0.2) is 0 Å². The maximum atomic E-state index is 12.0. The predicted octanol–water partition coefficient (Wildman–Crippen LogP) is 4.12. The van der Waals surface area contributed by atoms with Crippen LogP contribution < -0.4 is 5.32 Å². The van der Waals surface area contributed by atoms with Crippen LogP contribution in [0.1, 0.15) is 26.7 Å². The zero-order valence-corrected chi connectivity index (χ0v) is 12.0. The Balaban J connectivity index is 2.07. The molecule has 0 bridgehead atoms. The lowest BCUT2D eigenvalue weighted by Crippen LogP contribution is -2.21. The van der Waals surface area contributed by atoms with Crippen LogP contribution >= 0.6 is 0 Å². The van der Waals surface area contributed by atoms with Gasteiger partial charge >= 0.3 is 0 Å². The fourth-order valence-corrected chi connectivity index (χ4v) is 2.16. The SMILES string of the molecule is CCC(CC)C(=O)Nc1ccc(-c2ccccn2)cc1. The molecule has 1 heterocycles. The monoisotopic (exact) mass is 268 g/mol. The number of carbonyl (C=O) groups is 1. The van der Waals surface area contributed by atoms with Crippen molar-refractivity contribution in [3.05, 3.63) is 48.7 Å². The summed E-state index contributed by atoms with van der Waals surface area (Å²) in [5.41, 5.74) is 2.82. The Morgan fingerprint density at radius 2 is 1.80 bits per heavy atom. The molecule has 0 unspecified atom stereocenters. The van der Waals surface area contributed by atoms with E-state index in [-0.39, 0.29) is 11.8 Å². The van der Waals surface area contributed by atoms with Crippen LogP contribution in [0.5, 0.6) is 0 Å². The summed E-state index contributed by atoms with van der Waals surface area (Å²) in [7, 11) is 0. The number of aromatic nitrogens is 1. The number of nitrogens with one attached hydrogen (secondary N) is 1. The fraction of sp³-hybridized carbons (Fsp3) is 0.294. The molecule has 0 spiro atoms. The molecule has 104 valence electrons. The molecule has 0 aliphatic rings. The van der Waals surface area contributed by atoms with E-state index in [1.54, 1.807) is 6.20 Å². The maximum Gasteiger partial charge on any atom is 0.227 e. The van der Waals surface area contributed by atoms with E-state index in [1.807, 2.05) is 56.3 Å². The summed E-state index contributed by atoms with van der Waals surface area (Å²) in [5.74, 6) is 0.186. The van der Waals surface area contributed by atoms with Crippen LogP contribution in [-0.2, 0) is 4.79 Å². The highest BCUT2D eigenvalue weighted by Gasteiger charge is 2.13. The Morgan fingerprint density at radius 3 is 2.35 bits per heavy atom. The molecule has 0 saturated carbocycles. The highest BCUT2D eigenvalue weighted by molar-refractivity contribution is 5.92. The number of hydrogen-bond donors (Lipinski definition) is 1. The van der Waals surface area contributed by atoms with Crippen molar-refractivity contribution in [3.8, 4) is 11.3 Å². The molecule has 0 atom stereocenters. The summed E-state index contributed by atoms with van der Waals surface area (Å²) in [4.78, 5) is 16.3. The average Bonchev–Trinajstić information content (AvgIpc) is 2.50. The van der Waals surface area contributed by atoms with Crippen LogP contribution in [0, 0.1) is 5.92 Å². The molecular weight excluding hydrogens is 248 g/mol. The third kappa shape index (κ3) is 3.44. The van der Waals surface area contributed by atoms with E-state index in [0.717, 1.165) is 29.8 Å². The van der Waals surface area contributed by atoms with E-state index in [0.29, 0.717) is 0 Å². The van der Waals surface area contributed by atoms with Gasteiger partial charge in [-0.25, -0.2) is 0 Å². The Labute approximate surface area is 120 Å². The molecule has 1 amide bonds. The normalized spacial score (nSPS) is 10.6. The lowest BCUT2D eigenvalue weighted by atomic mass is 10.0. The van der Waals surface area contributed by atoms with E-state index >= 15 is 0 Å². The molecule has 1 N–H and O–H groups in total. The highest BCUT2D eigenvalue weighted by atomic mass is 16.1. The van der Waals surface area contributed by atoms with Gasteiger partial charge in [0.1, 0.15) is 0 Å². The maximum absolute atomic E-state index is 12.0. The number of rotatable bonds is 5. The molecule has 20 heavy (non-hydrogen) atoms. The largest absolute Gasteiger partial charge is 0.326 e. The van der Waals surface area contributed by atoms with Crippen LogP contribution in [0.4, 0.5) is 5.69 Å². The summed E-state index contributed by atoms with van der Waals surface area (Å²) in [5, 5.41) is 2.96. The molecule has 0 radical (unpaired) electrons. The van der Waals surface area contributed by atoms with Gasteiger partial charge in [-0.2, -0.15) is 0 Å². The van der Waals surface area contributed by atoms with Gasteiger partial charge in [-0.05, 0) is 37.1 Å². The van der Waals surface area contributed by atoms with Crippen molar-refractivity contribution in [3.63, 3.8) is 0 Å². The zero-order valence-electron chi connectivity index (χ0n) is 12.0. The summed E-state index contributed by atoms with van der Waals surface area (Å²) in [6.45, 7) is 4.08. The van der Waals surface area contributed by atoms with Crippen molar-refractivity contribution in [1.82, 2.24) is 4.98 Å². The number of pyridine rings is 1. The van der Waals surface area contributed by atoms with Crippen molar-refractivity contribution >= 4 is 11.6 Å². The molecule has 0 aliphatic heterocycles. The quantitative estimate of drug-likeness (QED) is 0.886. The summed E-state index contributed by atoms with van der Waals surface area (Å²) < 4.78 is 0. The number of benzene rings is 1. The van der Waals surface area contributed by atoms with Crippen LogP contribution in [-0.4, -0.2) is 10.9 Å². The minimum absolute atomic E-state index is 0.0884. The molecule has 0 fully saturated rings. The summed E-state index contributed by atoms with van der Waals surface area (Å²) >= 11 is 0. The average molecular weight is 268 g/mol. The molecule has 1 aromatic heterocycles. The van der Waals surface area contributed by atoms with Gasteiger partial charge in [-0.15, -0.1) is 0 Å². The summed E-state index contributed by atoms with van der Waals surface area (Å²) in [6.07, 6.45) is 3.51. The van der Waals surface area contributed by atoms with Crippen LogP contribution in [0.15, 0.2) is 48.7 Å². The molecule has 2 rings (SSSR count). The molecule has 0 saturated heterocycles. The second-order valence-corrected chi connectivity index (χ2v) is 4.79. The minimum Gasteiger partial charge on any atom is -0.326 e. The lowest BCUT2D eigenvalue weighted by molar-refractivity contribution is -0.120. The first kappa shape index (κ1) is 14.3. The molecule has 3 nitrogen and oxygen atoms in total. The minimum atomic E-state index is 0.0884. The molecule has 0 aliphatic carbocycles. The standard InChI is InChI=1S/C17H20N2O/c1-3-13(4-2)17(20)19-15-10-8-14(9-11-15)16-7-5-6-12-18-16/h5-13H,3-4H2,1-2H3,(H,19,20). The number of amides is 1.